The number of imide groups is 1. The summed E-state index contributed by atoms with van der Waals surface area (Å²) in [5.74, 6) is -0.522. The van der Waals surface area contributed by atoms with Crippen molar-refractivity contribution in [3.05, 3.63) is 76.5 Å². The fraction of sp³-hybridized carbons (Fsp3) is 0. The number of benzene rings is 2. The van der Waals surface area contributed by atoms with Gasteiger partial charge in [0.25, 0.3) is 11.8 Å². The molecule has 106 valence electrons. The summed E-state index contributed by atoms with van der Waals surface area (Å²) in [6, 6.07) is 16.4. The second-order valence-corrected chi connectivity index (χ2v) is 5.80. The maximum atomic E-state index is 12.6. The number of fused-ring (bicyclic) bond motifs is 1. The molecule has 0 saturated heterocycles. The molecule has 3 nitrogen and oxygen atoms in total. The summed E-state index contributed by atoms with van der Waals surface area (Å²) in [5.41, 5.74) is 3.46. The van der Waals surface area contributed by atoms with E-state index in [-0.39, 0.29) is 11.8 Å². The molecule has 0 aliphatic carbocycles. The van der Waals surface area contributed by atoms with Gasteiger partial charge in [0, 0.05) is 5.56 Å². The van der Waals surface area contributed by atoms with Crippen molar-refractivity contribution in [3.63, 3.8) is 0 Å². The lowest BCUT2D eigenvalue weighted by molar-refractivity contribution is 0.0926. The van der Waals surface area contributed by atoms with Crippen molar-refractivity contribution < 1.29 is 9.59 Å². The summed E-state index contributed by atoms with van der Waals surface area (Å²) >= 11 is 1.59. The number of thiophene rings is 1. The SMILES string of the molecule is O=C1c2ccccc2C(=O)N1c1ccccc1-c1ccsc1. The highest BCUT2D eigenvalue weighted by molar-refractivity contribution is 7.08. The molecule has 0 radical (unpaired) electrons. The Labute approximate surface area is 131 Å². The summed E-state index contributed by atoms with van der Waals surface area (Å²) in [6.45, 7) is 0. The van der Waals surface area contributed by atoms with Gasteiger partial charge in [-0.2, -0.15) is 11.3 Å². The molecule has 2 aromatic carbocycles. The highest BCUT2D eigenvalue weighted by Crippen LogP contribution is 2.36. The minimum Gasteiger partial charge on any atom is -0.268 e. The van der Waals surface area contributed by atoms with E-state index in [2.05, 4.69) is 0 Å². The minimum atomic E-state index is -0.261. The van der Waals surface area contributed by atoms with Crippen LogP contribution < -0.4 is 4.90 Å². The molecule has 0 unspecified atom stereocenters. The zero-order chi connectivity index (χ0) is 15.1. The lowest BCUT2D eigenvalue weighted by Crippen LogP contribution is -2.29. The number of hydrogen-bond donors (Lipinski definition) is 0. The molecule has 1 aromatic heterocycles. The van der Waals surface area contributed by atoms with Crippen LogP contribution in [-0.2, 0) is 0 Å². The van der Waals surface area contributed by atoms with Gasteiger partial charge in [0.05, 0.1) is 16.8 Å². The van der Waals surface area contributed by atoms with Crippen LogP contribution in [0.1, 0.15) is 20.7 Å². The molecule has 0 saturated carbocycles. The van der Waals surface area contributed by atoms with Gasteiger partial charge in [0.15, 0.2) is 0 Å². The van der Waals surface area contributed by atoms with E-state index in [0.29, 0.717) is 16.8 Å². The van der Waals surface area contributed by atoms with Crippen LogP contribution in [0.15, 0.2) is 65.4 Å². The van der Waals surface area contributed by atoms with Gasteiger partial charge in [-0.25, -0.2) is 4.90 Å². The lowest BCUT2D eigenvalue weighted by Gasteiger charge is -2.17. The van der Waals surface area contributed by atoms with Crippen LogP contribution in [0.25, 0.3) is 11.1 Å². The van der Waals surface area contributed by atoms with Crippen molar-refractivity contribution in [2.24, 2.45) is 0 Å². The third-order valence-corrected chi connectivity index (χ3v) is 4.45. The Hall–Kier alpha value is -2.72. The zero-order valence-corrected chi connectivity index (χ0v) is 12.3. The van der Waals surface area contributed by atoms with E-state index in [1.165, 1.54) is 4.90 Å². The first-order valence-electron chi connectivity index (χ1n) is 6.87. The first-order chi connectivity index (χ1) is 10.8. The third-order valence-electron chi connectivity index (χ3n) is 3.77. The van der Waals surface area contributed by atoms with Crippen LogP contribution in [0, 0.1) is 0 Å². The van der Waals surface area contributed by atoms with Crippen LogP contribution in [0.3, 0.4) is 0 Å². The number of nitrogens with zero attached hydrogens (tertiary/aromatic N) is 1. The maximum absolute atomic E-state index is 12.6. The first kappa shape index (κ1) is 13.0. The van der Waals surface area contributed by atoms with Crippen molar-refractivity contribution in [3.8, 4) is 11.1 Å². The number of carbonyl (C=O) groups excluding carboxylic acids is 2. The Kier molecular flexibility index (Phi) is 2.91. The van der Waals surface area contributed by atoms with E-state index in [1.807, 2.05) is 41.1 Å². The molecule has 0 N–H and O–H groups in total. The van der Waals surface area contributed by atoms with Gasteiger partial charge in [-0.05, 0) is 40.6 Å². The van der Waals surface area contributed by atoms with Gasteiger partial charge in [0.1, 0.15) is 0 Å². The summed E-state index contributed by atoms with van der Waals surface area (Å²) in [6.07, 6.45) is 0. The Bertz CT molecular complexity index is 849. The van der Waals surface area contributed by atoms with E-state index in [4.69, 9.17) is 0 Å². The standard InChI is InChI=1S/C18H11NO2S/c20-17-14-6-1-2-7-15(14)18(21)19(17)16-8-4-3-5-13(16)12-9-10-22-11-12/h1-11H. The zero-order valence-electron chi connectivity index (χ0n) is 11.5. The quantitative estimate of drug-likeness (QED) is 0.665. The van der Waals surface area contributed by atoms with Crippen molar-refractivity contribution >= 4 is 28.8 Å². The maximum Gasteiger partial charge on any atom is 0.266 e. The second-order valence-electron chi connectivity index (χ2n) is 5.02. The number of amides is 2. The second kappa shape index (κ2) is 4.93. The Morgan fingerprint density at radius 3 is 1.91 bits per heavy atom. The number of carbonyl (C=O) groups is 2. The average Bonchev–Trinajstić information content (AvgIpc) is 3.16. The fourth-order valence-electron chi connectivity index (χ4n) is 2.74. The number of anilines is 1. The minimum absolute atomic E-state index is 0.261. The molecule has 1 aliphatic rings. The predicted octanol–water partition coefficient (Wildman–Crippen LogP) is 4.22. The van der Waals surface area contributed by atoms with Gasteiger partial charge in [-0.3, -0.25) is 9.59 Å². The summed E-state index contributed by atoms with van der Waals surface area (Å²) in [7, 11) is 0. The van der Waals surface area contributed by atoms with E-state index < -0.39 is 0 Å². The van der Waals surface area contributed by atoms with Gasteiger partial charge in [-0.15, -0.1) is 0 Å². The predicted molar refractivity (Wildman–Crippen MR) is 87.3 cm³/mol. The molecular weight excluding hydrogens is 294 g/mol. The van der Waals surface area contributed by atoms with Crippen LogP contribution in [0.4, 0.5) is 5.69 Å². The molecule has 4 rings (SSSR count). The molecule has 0 atom stereocenters. The van der Waals surface area contributed by atoms with Gasteiger partial charge in [-0.1, -0.05) is 30.3 Å². The molecule has 4 heteroatoms. The molecular formula is C18H11NO2S. The number of hydrogen-bond acceptors (Lipinski definition) is 3. The van der Waals surface area contributed by atoms with Gasteiger partial charge < -0.3 is 0 Å². The Balaban J connectivity index is 1.89. The molecule has 2 amide bonds. The van der Waals surface area contributed by atoms with E-state index in [9.17, 15) is 9.59 Å². The normalized spacial score (nSPS) is 13.5. The topological polar surface area (TPSA) is 37.4 Å². The summed E-state index contributed by atoms with van der Waals surface area (Å²) in [4.78, 5) is 26.5. The monoisotopic (exact) mass is 305 g/mol. The first-order valence-corrected chi connectivity index (χ1v) is 7.81. The summed E-state index contributed by atoms with van der Waals surface area (Å²) in [5, 5.41) is 3.99. The highest BCUT2D eigenvalue weighted by atomic mass is 32.1. The fourth-order valence-corrected chi connectivity index (χ4v) is 3.39. The van der Waals surface area contributed by atoms with Gasteiger partial charge in [0.2, 0.25) is 0 Å². The van der Waals surface area contributed by atoms with Crippen molar-refractivity contribution in [2.75, 3.05) is 4.90 Å². The van der Waals surface area contributed by atoms with Crippen molar-refractivity contribution in [1.82, 2.24) is 0 Å². The van der Waals surface area contributed by atoms with Crippen LogP contribution >= 0.6 is 11.3 Å². The molecule has 1 aliphatic heterocycles. The molecule has 0 fully saturated rings. The van der Waals surface area contributed by atoms with Gasteiger partial charge >= 0.3 is 0 Å². The summed E-state index contributed by atoms with van der Waals surface area (Å²) < 4.78 is 0. The van der Waals surface area contributed by atoms with Crippen LogP contribution in [0.5, 0.6) is 0 Å². The van der Waals surface area contributed by atoms with E-state index >= 15 is 0 Å². The van der Waals surface area contributed by atoms with Crippen LogP contribution in [0.2, 0.25) is 0 Å². The number of rotatable bonds is 2. The van der Waals surface area contributed by atoms with E-state index in [0.717, 1.165) is 11.1 Å². The molecule has 0 bridgehead atoms. The van der Waals surface area contributed by atoms with Crippen molar-refractivity contribution in [1.29, 1.82) is 0 Å². The molecule has 3 aromatic rings. The van der Waals surface area contributed by atoms with Crippen LogP contribution in [-0.4, -0.2) is 11.8 Å². The molecule has 2 heterocycles. The molecule has 0 spiro atoms. The van der Waals surface area contributed by atoms with Crippen molar-refractivity contribution in [2.45, 2.75) is 0 Å². The third kappa shape index (κ3) is 1.81. The average molecular weight is 305 g/mol. The Morgan fingerprint density at radius 1 is 0.727 bits per heavy atom. The Morgan fingerprint density at radius 2 is 1.32 bits per heavy atom. The lowest BCUT2D eigenvalue weighted by atomic mass is 10.1. The smallest absolute Gasteiger partial charge is 0.266 e. The highest BCUT2D eigenvalue weighted by Gasteiger charge is 2.37. The van der Waals surface area contributed by atoms with E-state index in [1.54, 1.807) is 35.6 Å². The largest absolute Gasteiger partial charge is 0.268 e. The number of para-hydroxylation sites is 1. The molecule has 22 heavy (non-hydrogen) atoms.